The molecule has 0 radical (unpaired) electrons. The summed E-state index contributed by atoms with van der Waals surface area (Å²) >= 11 is 2.08. The first-order valence-electron chi connectivity index (χ1n) is 5.90. The van der Waals surface area contributed by atoms with Crippen LogP contribution in [-0.4, -0.2) is 29.9 Å². The van der Waals surface area contributed by atoms with Crippen LogP contribution in [0.3, 0.4) is 0 Å². The molecule has 18 heavy (non-hydrogen) atoms. The molecule has 1 atom stereocenters. The van der Waals surface area contributed by atoms with Crippen LogP contribution in [0.1, 0.15) is 30.2 Å². The monoisotopic (exact) mass is 359 g/mol. The molecule has 1 saturated carbocycles. The van der Waals surface area contributed by atoms with Gasteiger partial charge in [-0.3, -0.25) is 4.68 Å². The van der Waals surface area contributed by atoms with Gasteiger partial charge < -0.3 is 5.11 Å². The van der Waals surface area contributed by atoms with E-state index in [0.29, 0.717) is 5.69 Å². The second kappa shape index (κ2) is 4.61. The van der Waals surface area contributed by atoms with Crippen molar-refractivity contribution in [2.75, 3.05) is 0 Å². The molecule has 0 aliphatic heterocycles. The van der Waals surface area contributed by atoms with Crippen LogP contribution in [0.25, 0.3) is 0 Å². The predicted molar refractivity (Wildman–Crippen MR) is 72.7 cm³/mol. The molecule has 96 valence electrons. The quantitative estimate of drug-likeness (QED) is 0.831. The van der Waals surface area contributed by atoms with E-state index in [1.54, 1.807) is 13.2 Å². The van der Waals surface area contributed by atoms with E-state index in [0.717, 1.165) is 21.7 Å². The van der Waals surface area contributed by atoms with Crippen LogP contribution in [0.5, 0.6) is 0 Å². The van der Waals surface area contributed by atoms with Crippen LogP contribution in [-0.2, 0) is 13.6 Å². The average molecular weight is 359 g/mol. The van der Waals surface area contributed by atoms with Gasteiger partial charge in [-0.2, -0.15) is 15.0 Å². The van der Waals surface area contributed by atoms with E-state index in [4.69, 9.17) is 0 Å². The topological polar surface area (TPSA) is 68.8 Å². The number of aryl methyl sites for hydroxylation is 1. The molecule has 0 bridgehead atoms. The Morgan fingerprint density at radius 2 is 2.28 bits per heavy atom. The molecule has 0 amide bonds. The first-order chi connectivity index (χ1) is 8.63. The molecule has 0 spiro atoms. The number of nitrogens with zero attached hydrogens (tertiary/aromatic N) is 5. The summed E-state index contributed by atoms with van der Waals surface area (Å²) in [6.07, 6.45) is 5.43. The van der Waals surface area contributed by atoms with Gasteiger partial charge in [0, 0.05) is 25.4 Å². The lowest BCUT2D eigenvalue weighted by Crippen LogP contribution is -2.03. The SMILES string of the molecule is Cn1nc(I)c(C(O)c2cnn(CC3CC3)c2)n1. The first kappa shape index (κ1) is 12.1. The number of hydrogen-bond donors (Lipinski definition) is 1. The maximum absolute atomic E-state index is 10.3. The van der Waals surface area contributed by atoms with Gasteiger partial charge in [0.25, 0.3) is 0 Å². The number of rotatable bonds is 4. The molecule has 2 heterocycles. The van der Waals surface area contributed by atoms with Crippen molar-refractivity contribution in [3.05, 3.63) is 27.4 Å². The summed E-state index contributed by atoms with van der Waals surface area (Å²) in [5.74, 6) is 0.770. The number of aliphatic hydroxyl groups excluding tert-OH is 1. The Morgan fingerprint density at radius 1 is 1.50 bits per heavy atom. The van der Waals surface area contributed by atoms with Crippen molar-refractivity contribution in [3.63, 3.8) is 0 Å². The summed E-state index contributed by atoms with van der Waals surface area (Å²) in [5.41, 5.74) is 1.36. The molecule has 3 rings (SSSR count). The van der Waals surface area contributed by atoms with E-state index >= 15 is 0 Å². The molecule has 7 heteroatoms. The lowest BCUT2D eigenvalue weighted by atomic mass is 10.1. The zero-order valence-electron chi connectivity index (χ0n) is 9.99. The molecule has 0 aromatic carbocycles. The van der Waals surface area contributed by atoms with Crippen molar-refractivity contribution in [1.29, 1.82) is 0 Å². The maximum Gasteiger partial charge on any atom is 0.149 e. The van der Waals surface area contributed by atoms with Crippen molar-refractivity contribution < 1.29 is 5.11 Å². The van der Waals surface area contributed by atoms with Crippen molar-refractivity contribution >= 4 is 22.6 Å². The zero-order valence-corrected chi connectivity index (χ0v) is 12.1. The summed E-state index contributed by atoms with van der Waals surface area (Å²) in [7, 11) is 1.74. The molecular weight excluding hydrogens is 345 g/mol. The highest BCUT2D eigenvalue weighted by molar-refractivity contribution is 14.1. The maximum atomic E-state index is 10.3. The molecule has 1 fully saturated rings. The minimum atomic E-state index is -0.751. The molecule has 1 N–H and O–H groups in total. The van der Waals surface area contributed by atoms with Gasteiger partial charge in [0.2, 0.25) is 0 Å². The molecule has 1 aliphatic rings. The Kier molecular flexibility index (Phi) is 3.10. The summed E-state index contributed by atoms with van der Waals surface area (Å²) in [6, 6.07) is 0. The van der Waals surface area contributed by atoms with Gasteiger partial charge in [-0.25, -0.2) is 0 Å². The van der Waals surface area contributed by atoms with Crippen molar-refractivity contribution in [2.45, 2.75) is 25.5 Å². The molecule has 6 nitrogen and oxygen atoms in total. The van der Waals surface area contributed by atoms with Crippen LogP contribution in [0, 0.1) is 9.62 Å². The first-order valence-corrected chi connectivity index (χ1v) is 6.98. The van der Waals surface area contributed by atoms with Gasteiger partial charge in [-0.1, -0.05) is 0 Å². The van der Waals surface area contributed by atoms with Crippen molar-refractivity contribution in [3.8, 4) is 0 Å². The highest BCUT2D eigenvalue weighted by Crippen LogP contribution is 2.31. The van der Waals surface area contributed by atoms with E-state index < -0.39 is 6.10 Å². The summed E-state index contributed by atoms with van der Waals surface area (Å²) in [5, 5.41) is 22.9. The van der Waals surface area contributed by atoms with E-state index in [2.05, 4.69) is 37.9 Å². The Bertz CT molecular complexity index is 560. The number of aliphatic hydroxyl groups is 1. The van der Waals surface area contributed by atoms with Crippen LogP contribution >= 0.6 is 22.6 Å². The number of aromatic nitrogens is 5. The van der Waals surface area contributed by atoms with Crippen LogP contribution in [0.15, 0.2) is 12.4 Å². The Morgan fingerprint density at radius 3 is 2.89 bits per heavy atom. The van der Waals surface area contributed by atoms with Gasteiger partial charge >= 0.3 is 0 Å². The molecular formula is C11H14IN5O. The summed E-state index contributed by atoms with van der Waals surface area (Å²) in [4.78, 5) is 1.47. The summed E-state index contributed by atoms with van der Waals surface area (Å²) in [6.45, 7) is 0.949. The molecule has 2 aromatic heterocycles. The standard InChI is InChI=1S/C11H14IN5O/c1-16-14-9(11(12)15-16)10(18)8-4-13-17(6-8)5-7-2-3-7/h4,6-7,10,18H,2-3,5H2,1H3. The molecule has 0 saturated heterocycles. The molecule has 1 unspecified atom stereocenters. The second-order valence-corrected chi connectivity index (χ2v) is 5.73. The van der Waals surface area contributed by atoms with E-state index in [9.17, 15) is 5.11 Å². The minimum Gasteiger partial charge on any atom is -0.382 e. The Hall–Kier alpha value is -0.960. The average Bonchev–Trinajstić information content (AvgIpc) is 2.89. The largest absolute Gasteiger partial charge is 0.382 e. The lowest BCUT2D eigenvalue weighted by molar-refractivity contribution is 0.213. The Balaban J connectivity index is 1.80. The lowest BCUT2D eigenvalue weighted by Gasteiger charge is -2.04. The predicted octanol–water partition coefficient (Wildman–Crippen LogP) is 1.11. The third-order valence-corrected chi connectivity index (χ3v) is 3.83. The van der Waals surface area contributed by atoms with E-state index in [-0.39, 0.29) is 0 Å². The van der Waals surface area contributed by atoms with Gasteiger partial charge in [-0.15, -0.1) is 5.10 Å². The minimum absolute atomic E-state index is 0.587. The highest BCUT2D eigenvalue weighted by atomic mass is 127. The normalized spacial score (nSPS) is 17.1. The smallest absolute Gasteiger partial charge is 0.149 e. The van der Waals surface area contributed by atoms with Gasteiger partial charge in [0.15, 0.2) is 0 Å². The van der Waals surface area contributed by atoms with Crippen molar-refractivity contribution in [2.24, 2.45) is 13.0 Å². The Labute approximate surface area is 118 Å². The molecule has 2 aromatic rings. The van der Waals surface area contributed by atoms with E-state index in [1.807, 2.05) is 10.9 Å². The van der Waals surface area contributed by atoms with Crippen LogP contribution < -0.4 is 0 Å². The van der Waals surface area contributed by atoms with Gasteiger partial charge in [0.05, 0.1) is 6.20 Å². The molecule has 1 aliphatic carbocycles. The summed E-state index contributed by atoms with van der Waals surface area (Å²) < 4.78 is 2.62. The van der Waals surface area contributed by atoms with Crippen LogP contribution in [0.4, 0.5) is 0 Å². The van der Waals surface area contributed by atoms with Gasteiger partial charge in [0.1, 0.15) is 15.5 Å². The van der Waals surface area contributed by atoms with E-state index in [1.165, 1.54) is 17.6 Å². The number of hydrogen-bond acceptors (Lipinski definition) is 4. The third kappa shape index (κ3) is 2.41. The van der Waals surface area contributed by atoms with Crippen molar-refractivity contribution in [1.82, 2.24) is 24.8 Å². The van der Waals surface area contributed by atoms with Crippen LogP contribution in [0.2, 0.25) is 0 Å². The fourth-order valence-corrected chi connectivity index (χ4v) is 2.62. The number of halogens is 1. The fourth-order valence-electron chi connectivity index (χ4n) is 1.91. The third-order valence-electron chi connectivity index (χ3n) is 3.07. The van der Waals surface area contributed by atoms with Gasteiger partial charge in [-0.05, 0) is 41.4 Å². The highest BCUT2D eigenvalue weighted by Gasteiger charge is 2.24. The zero-order chi connectivity index (χ0) is 12.7. The second-order valence-electron chi connectivity index (χ2n) is 4.71. The fraction of sp³-hybridized carbons (Fsp3) is 0.545.